The lowest BCUT2D eigenvalue weighted by atomic mass is 10.1. The van der Waals surface area contributed by atoms with Gasteiger partial charge in [-0.25, -0.2) is 9.78 Å². The fourth-order valence-electron chi connectivity index (χ4n) is 1.91. The highest BCUT2D eigenvalue weighted by Gasteiger charge is 2.16. The minimum absolute atomic E-state index is 0.0238. The zero-order valence-corrected chi connectivity index (χ0v) is 12.8. The molecule has 0 saturated carbocycles. The van der Waals surface area contributed by atoms with Crippen LogP contribution in [0.2, 0.25) is 0 Å². The Morgan fingerprint density at radius 2 is 2.19 bits per heavy atom. The number of hydrogen-bond acceptors (Lipinski definition) is 4. The average molecular weight is 349 g/mol. The predicted octanol–water partition coefficient (Wildman–Crippen LogP) is 2.69. The molecule has 2 aromatic rings. The van der Waals surface area contributed by atoms with Crippen LogP contribution in [0.15, 0.2) is 53.2 Å². The van der Waals surface area contributed by atoms with Gasteiger partial charge in [0.25, 0.3) is 0 Å². The molecule has 0 saturated heterocycles. The van der Waals surface area contributed by atoms with E-state index in [4.69, 9.17) is 4.74 Å². The van der Waals surface area contributed by atoms with Gasteiger partial charge in [0.05, 0.1) is 17.1 Å². The summed E-state index contributed by atoms with van der Waals surface area (Å²) in [5.41, 5.74) is 0.218. The molecule has 0 fully saturated rings. The molecular weight excluding hydrogens is 336 g/mol. The van der Waals surface area contributed by atoms with Gasteiger partial charge in [-0.2, -0.15) is 0 Å². The second-order valence-electron chi connectivity index (χ2n) is 4.22. The third-order valence-electron chi connectivity index (χ3n) is 2.81. The molecule has 0 aliphatic heterocycles. The van der Waals surface area contributed by atoms with E-state index in [1.165, 1.54) is 12.3 Å². The van der Waals surface area contributed by atoms with Crippen LogP contribution < -0.4 is 5.43 Å². The second kappa shape index (κ2) is 6.49. The molecule has 108 valence electrons. The standard InChI is InChI=1S/C15H13BrN2O3/c1-3-5-18-9-11(15(20)21-6-4-2)14(19)10-7-13(16)17-8-12(10)18/h3-4,7-9H,1-2,5-6H2. The van der Waals surface area contributed by atoms with Crippen molar-refractivity contribution in [1.29, 1.82) is 0 Å². The Morgan fingerprint density at radius 3 is 2.86 bits per heavy atom. The first-order valence-corrected chi connectivity index (χ1v) is 6.95. The monoisotopic (exact) mass is 348 g/mol. The zero-order valence-electron chi connectivity index (χ0n) is 11.2. The van der Waals surface area contributed by atoms with Gasteiger partial charge >= 0.3 is 5.97 Å². The van der Waals surface area contributed by atoms with Crippen LogP contribution in [0.25, 0.3) is 10.9 Å². The quantitative estimate of drug-likeness (QED) is 0.473. The van der Waals surface area contributed by atoms with Crippen molar-refractivity contribution in [1.82, 2.24) is 9.55 Å². The van der Waals surface area contributed by atoms with Gasteiger partial charge in [-0.15, -0.1) is 6.58 Å². The molecule has 0 bridgehead atoms. The maximum atomic E-state index is 12.4. The van der Waals surface area contributed by atoms with Gasteiger partial charge in [0.1, 0.15) is 16.8 Å². The van der Waals surface area contributed by atoms with Crippen LogP contribution in [0, 0.1) is 0 Å². The predicted molar refractivity (Wildman–Crippen MR) is 84.4 cm³/mol. The highest BCUT2D eigenvalue weighted by Crippen LogP contribution is 2.16. The van der Waals surface area contributed by atoms with Crippen LogP contribution in [-0.2, 0) is 11.3 Å². The van der Waals surface area contributed by atoms with Crippen molar-refractivity contribution in [2.45, 2.75) is 6.54 Å². The molecule has 6 heteroatoms. The van der Waals surface area contributed by atoms with E-state index in [1.54, 1.807) is 22.9 Å². The van der Waals surface area contributed by atoms with Gasteiger partial charge in [0.2, 0.25) is 5.43 Å². The third kappa shape index (κ3) is 3.11. The lowest BCUT2D eigenvalue weighted by Crippen LogP contribution is -2.21. The van der Waals surface area contributed by atoms with Crippen LogP contribution in [0.4, 0.5) is 0 Å². The molecule has 0 N–H and O–H groups in total. The number of hydrogen-bond donors (Lipinski definition) is 0. The molecule has 0 aliphatic rings. The molecule has 0 spiro atoms. The second-order valence-corrected chi connectivity index (χ2v) is 5.04. The number of ether oxygens (including phenoxy) is 1. The number of aromatic nitrogens is 2. The van der Waals surface area contributed by atoms with Crippen molar-refractivity contribution in [3.8, 4) is 0 Å². The van der Waals surface area contributed by atoms with Gasteiger partial charge in [0, 0.05) is 12.7 Å². The number of nitrogens with zero attached hydrogens (tertiary/aromatic N) is 2. The van der Waals surface area contributed by atoms with Crippen LogP contribution in [0.5, 0.6) is 0 Å². The summed E-state index contributed by atoms with van der Waals surface area (Å²) in [6.07, 6.45) is 6.16. The summed E-state index contributed by atoms with van der Waals surface area (Å²) in [5, 5.41) is 0.395. The molecule has 21 heavy (non-hydrogen) atoms. The minimum atomic E-state index is -0.674. The van der Waals surface area contributed by atoms with E-state index in [0.717, 1.165) is 0 Å². The molecule has 0 unspecified atom stereocenters. The van der Waals surface area contributed by atoms with Gasteiger partial charge < -0.3 is 9.30 Å². The summed E-state index contributed by atoms with van der Waals surface area (Å²) in [6, 6.07) is 1.58. The summed E-state index contributed by atoms with van der Waals surface area (Å²) < 4.78 is 7.20. The molecule has 0 radical (unpaired) electrons. The number of rotatable bonds is 5. The number of allylic oxidation sites excluding steroid dienone is 1. The lowest BCUT2D eigenvalue weighted by molar-refractivity contribution is 0.0547. The molecule has 2 rings (SSSR count). The number of fused-ring (bicyclic) bond motifs is 1. The summed E-state index contributed by atoms with van der Waals surface area (Å²) in [4.78, 5) is 28.5. The smallest absolute Gasteiger partial charge is 0.343 e. The lowest BCUT2D eigenvalue weighted by Gasteiger charge is -2.11. The van der Waals surface area contributed by atoms with Gasteiger partial charge in [-0.3, -0.25) is 4.79 Å². The molecule has 0 amide bonds. The van der Waals surface area contributed by atoms with Crippen molar-refractivity contribution >= 4 is 32.8 Å². The van der Waals surface area contributed by atoms with Gasteiger partial charge in [-0.1, -0.05) is 18.7 Å². The molecule has 0 atom stereocenters. The van der Waals surface area contributed by atoms with E-state index in [-0.39, 0.29) is 17.6 Å². The third-order valence-corrected chi connectivity index (χ3v) is 3.24. The molecular formula is C15H13BrN2O3. The van der Waals surface area contributed by atoms with Crippen molar-refractivity contribution in [3.05, 3.63) is 64.2 Å². The molecule has 0 aromatic carbocycles. The highest BCUT2D eigenvalue weighted by atomic mass is 79.9. The van der Waals surface area contributed by atoms with Crippen molar-refractivity contribution < 1.29 is 9.53 Å². The van der Waals surface area contributed by atoms with Crippen LogP contribution in [0.1, 0.15) is 10.4 Å². The van der Waals surface area contributed by atoms with E-state index in [2.05, 4.69) is 34.1 Å². The maximum Gasteiger partial charge on any atom is 0.343 e. The summed E-state index contributed by atoms with van der Waals surface area (Å²) in [6.45, 7) is 7.64. The van der Waals surface area contributed by atoms with E-state index >= 15 is 0 Å². The zero-order chi connectivity index (χ0) is 15.4. The summed E-state index contributed by atoms with van der Waals surface area (Å²) in [5.74, 6) is -0.674. The number of halogens is 1. The Balaban J connectivity index is 2.68. The van der Waals surface area contributed by atoms with Crippen molar-refractivity contribution in [3.63, 3.8) is 0 Å². The van der Waals surface area contributed by atoms with E-state index in [9.17, 15) is 9.59 Å². The summed E-state index contributed by atoms with van der Waals surface area (Å²) in [7, 11) is 0. The highest BCUT2D eigenvalue weighted by molar-refractivity contribution is 9.10. The first-order chi connectivity index (χ1) is 10.1. The fourth-order valence-corrected chi connectivity index (χ4v) is 2.24. The number of carbonyl (C=O) groups excluding carboxylic acids is 1. The van der Waals surface area contributed by atoms with Crippen molar-refractivity contribution in [2.75, 3.05) is 6.61 Å². The van der Waals surface area contributed by atoms with E-state index in [0.29, 0.717) is 22.1 Å². The van der Waals surface area contributed by atoms with Gasteiger partial charge in [-0.05, 0) is 22.0 Å². The van der Waals surface area contributed by atoms with Gasteiger partial charge in [0.15, 0.2) is 0 Å². The fraction of sp³-hybridized carbons (Fsp3) is 0.133. The molecule has 5 nitrogen and oxygen atoms in total. The normalized spacial score (nSPS) is 10.3. The SMILES string of the molecule is C=CCOC(=O)c1cn(CC=C)c2cnc(Br)cc2c1=O. The minimum Gasteiger partial charge on any atom is -0.458 e. The Morgan fingerprint density at radius 1 is 1.43 bits per heavy atom. The van der Waals surface area contributed by atoms with Crippen LogP contribution in [-0.4, -0.2) is 22.1 Å². The Labute approximate surface area is 129 Å². The molecule has 2 aromatic heterocycles. The topological polar surface area (TPSA) is 61.2 Å². The largest absolute Gasteiger partial charge is 0.458 e. The van der Waals surface area contributed by atoms with Crippen LogP contribution in [0.3, 0.4) is 0 Å². The molecule has 0 aliphatic carbocycles. The first-order valence-electron chi connectivity index (χ1n) is 6.16. The average Bonchev–Trinajstić information content (AvgIpc) is 2.47. The Kier molecular flexibility index (Phi) is 4.70. The first kappa shape index (κ1) is 15.2. The van der Waals surface area contributed by atoms with E-state index in [1.807, 2.05) is 0 Å². The molecule has 2 heterocycles. The summed E-state index contributed by atoms with van der Waals surface area (Å²) >= 11 is 3.22. The Bertz CT molecular complexity index is 780. The van der Waals surface area contributed by atoms with Crippen LogP contribution >= 0.6 is 15.9 Å². The Hall–Kier alpha value is -2.21. The van der Waals surface area contributed by atoms with E-state index < -0.39 is 5.97 Å². The number of carbonyl (C=O) groups is 1. The van der Waals surface area contributed by atoms with Crippen molar-refractivity contribution in [2.24, 2.45) is 0 Å². The maximum absolute atomic E-state index is 12.4. The number of esters is 1. The number of pyridine rings is 2.